The highest BCUT2D eigenvalue weighted by molar-refractivity contribution is 5.55. The third kappa shape index (κ3) is 4.65. The molecule has 1 aliphatic carbocycles. The van der Waals surface area contributed by atoms with Crippen LogP contribution in [0.3, 0.4) is 0 Å². The first kappa shape index (κ1) is 18.5. The first-order valence-corrected chi connectivity index (χ1v) is 8.92. The molecule has 140 valence electrons. The molecule has 1 aromatic carbocycles. The standard InChI is InChI=1S/C19H22F3N3O/c1-2-13-7-6-8-14(11-13)24-18-23-12-16(19(20,21)22)17(25-18)26-15-9-4-3-5-10-15/h6-8,11-12,15H,2-5,9-10H2,1H3,(H,23,24,25). The van der Waals surface area contributed by atoms with Gasteiger partial charge in [0.25, 0.3) is 0 Å². The first-order valence-electron chi connectivity index (χ1n) is 8.92. The molecule has 0 unspecified atom stereocenters. The maximum atomic E-state index is 13.3. The first-order chi connectivity index (χ1) is 12.5. The minimum absolute atomic E-state index is 0.0945. The van der Waals surface area contributed by atoms with Crippen LogP contribution in [-0.2, 0) is 12.6 Å². The van der Waals surface area contributed by atoms with E-state index in [0.29, 0.717) is 0 Å². The second-order valence-corrected chi connectivity index (χ2v) is 6.47. The second kappa shape index (κ2) is 7.93. The Morgan fingerprint density at radius 2 is 1.96 bits per heavy atom. The Morgan fingerprint density at radius 3 is 2.65 bits per heavy atom. The average molecular weight is 365 g/mol. The second-order valence-electron chi connectivity index (χ2n) is 6.47. The number of alkyl halides is 3. The molecule has 4 nitrogen and oxygen atoms in total. The lowest BCUT2D eigenvalue weighted by atomic mass is 9.98. The normalized spacial score (nSPS) is 15.7. The molecule has 0 saturated heterocycles. The van der Waals surface area contributed by atoms with Crippen LogP contribution in [0.4, 0.5) is 24.8 Å². The average Bonchev–Trinajstić information content (AvgIpc) is 2.62. The lowest BCUT2D eigenvalue weighted by molar-refractivity contribution is -0.140. The summed E-state index contributed by atoms with van der Waals surface area (Å²) in [6.07, 6.45) is 1.40. The van der Waals surface area contributed by atoms with Crippen molar-refractivity contribution in [3.8, 4) is 5.88 Å². The Kier molecular flexibility index (Phi) is 5.64. The molecule has 0 radical (unpaired) electrons. The summed E-state index contributed by atoms with van der Waals surface area (Å²) in [6.45, 7) is 2.03. The number of anilines is 2. The molecule has 1 aliphatic rings. The highest BCUT2D eigenvalue weighted by Gasteiger charge is 2.37. The van der Waals surface area contributed by atoms with Gasteiger partial charge in [-0.2, -0.15) is 18.2 Å². The summed E-state index contributed by atoms with van der Waals surface area (Å²) in [6, 6.07) is 7.60. The smallest absolute Gasteiger partial charge is 0.423 e. The molecule has 1 fully saturated rings. The van der Waals surface area contributed by atoms with Crippen molar-refractivity contribution in [3.63, 3.8) is 0 Å². The summed E-state index contributed by atoms with van der Waals surface area (Å²) < 4.78 is 45.5. The Labute approximate surface area is 150 Å². The maximum absolute atomic E-state index is 13.3. The van der Waals surface area contributed by atoms with Crippen LogP contribution in [0.5, 0.6) is 5.88 Å². The van der Waals surface area contributed by atoms with Crippen LogP contribution in [-0.4, -0.2) is 16.1 Å². The molecule has 3 rings (SSSR count). The van der Waals surface area contributed by atoms with E-state index in [0.717, 1.165) is 56.0 Å². The summed E-state index contributed by atoms with van der Waals surface area (Å²) in [5.74, 6) is -0.300. The van der Waals surface area contributed by atoms with Gasteiger partial charge in [0, 0.05) is 11.9 Å². The lowest BCUT2D eigenvalue weighted by Gasteiger charge is -2.24. The van der Waals surface area contributed by atoms with Gasteiger partial charge in [-0.15, -0.1) is 0 Å². The minimum Gasteiger partial charge on any atom is -0.474 e. The zero-order valence-corrected chi connectivity index (χ0v) is 14.6. The molecular weight excluding hydrogens is 343 g/mol. The van der Waals surface area contributed by atoms with E-state index in [9.17, 15) is 13.2 Å². The number of nitrogens with one attached hydrogen (secondary N) is 1. The zero-order chi connectivity index (χ0) is 18.6. The van der Waals surface area contributed by atoms with Crippen LogP contribution in [0.15, 0.2) is 30.5 Å². The topological polar surface area (TPSA) is 47.0 Å². The summed E-state index contributed by atoms with van der Waals surface area (Å²) in [7, 11) is 0. The van der Waals surface area contributed by atoms with Crippen molar-refractivity contribution in [1.29, 1.82) is 0 Å². The third-order valence-electron chi connectivity index (χ3n) is 4.48. The number of nitrogens with zero attached hydrogens (tertiary/aromatic N) is 2. The van der Waals surface area contributed by atoms with E-state index < -0.39 is 17.6 Å². The molecule has 2 aromatic rings. The number of ether oxygens (including phenoxy) is 1. The molecule has 1 N–H and O–H groups in total. The monoisotopic (exact) mass is 365 g/mol. The fourth-order valence-corrected chi connectivity index (χ4v) is 3.05. The number of benzene rings is 1. The highest BCUT2D eigenvalue weighted by Crippen LogP contribution is 2.36. The maximum Gasteiger partial charge on any atom is 0.423 e. The molecular formula is C19H22F3N3O. The van der Waals surface area contributed by atoms with Crippen molar-refractivity contribution >= 4 is 11.6 Å². The molecule has 7 heteroatoms. The van der Waals surface area contributed by atoms with Gasteiger partial charge in [0.15, 0.2) is 0 Å². The van der Waals surface area contributed by atoms with Crippen LogP contribution in [0.2, 0.25) is 0 Å². The molecule has 1 aromatic heterocycles. The predicted octanol–water partition coefficient (Wildman–Crippen LogP) is 5.51. The van der Waals surface area contributed by atoms with Gasteiger partial charge in [-0.25, -0.2) is 4.98 Å². The summed E-state index contributed by atoms with van der Waals surface area (Å²) in [4.78, 5) is 7.85. The molecule has 1 saturated carbocycles. The van der Waals surface area contributed by atoms with Gasteiger partial charge >= 0.3 is 6.18 Å². The van der Waals surface area contributed by atoms with Gasteiger partial charge in [0.1, 0.15) is 11.7 Å². The van der Waals surface area contributed by atoms with Gasteiger partial charge in [-0.3, -0.25) is 0 Å². The van der Waals surface area contributed by atoms with Crippen LogP contribution >= 0.6 is 0 Å². The molecule has 0 spiro atoms. The van der Waals surface area contributed by atoms with Gasteiger partial charge in [-0.1, -0.05) is 25.5 Å². The van der Waals surface area contributed by atoms with E-state index in [2.05, 4.69) is 15.3 Å². The molecule has 1 heterocycles. The van der Waals surface area contributed by atoms with Crippen molar-refractivity contribution < 1.29 is 17.9 Å². The van der Waals surface area contributed by atoms with Gasteiger partial charge < -0.3 is 10.1 Å². The SMILES string of the molecule is CCc1cccc(Nc2ncc(C(F)(F)F)c(OC3CCCCC3)n2)c1. The summed E-state index contributed by atoms with van der Waals surface area (Å²) in [5.41, 5.74) is 0.907. The van der Waals surface area contributed by atoms with Crippen molar-refractivity contribution in [1.82, 2.24) is 9.97 Å². The minimum atomic E-state index is -4.55. The van der Waals surface area contributed by atoms with E-state index in [1.165, 1.54) is 0 Å². The lowest BCUT2D eigenvalue weighted by Crippen LogP contribution is -2.22. The van der Waals surface area contributed by atoms with Crippen molar-refractivity contribution in [3.05, 3.63) is 41.6 Å². The molecule has 0 aliphatic heterocycles. The Balaban J connectivity index is 1.85. The van der Waals surface area contributed by atoms with E-state index in [-0.39, 0.29) is 12.1 Å². The van der Waals surface area contributed by atoms with Crippen LogP contribution < -0.4 is 10.1 Å². The molecule has 0 atom stereocenters. The summed E-state index contributed by atoms with van der Waals surface area (Å²) in [5, 5.41) is 2.97. The van der Waals surface area contributed by atoms with Crippen LogP contribution in [0.1, 0.15) is 50.2 Å². The Bertz CT molecular complexity index is 743. The fourth-order valence-electron chi connectivity index (χ4n) is 3.05. The van der Waals surface area contributed by atoms with E-state index in [1.807, 2.05) is 31.2 Å². The van der Waals surface area contributed by atoms with Crippen LogP contribution in [0.25, 0.3) is 0 Å². The number of aromatic nitrogens is 2. The molecule has 0 bridgehead atoms. The number of hydrogen-bond donors (Lipinski definition) is 1. The van der Waals surface area contributed by atoms with Crippen molar-refractivity contribution in [2.75, 3.05) is 5.32 Å². The third-order valence-corrected chi connectivity index (χ3v) is 4.48. The van der Waals surface area contributed by atoms with E-state index in [1.54, 1.807) is 0 Å². The Hall–Kier alpha value is -2.31. The van der Waals surface area contributed by atoms with Crippen molar-refractivity contribution in [2.45, 2.75) is 57.7 Å². The summed E-state index contributed by atoms with van der Waals surface area (Å²) >= 11 is 0. The number of aryl methyl sites for hydroxylation is 1. The number of halogens is 3. The quantitative estimate of drug-likeness (QED) is 0.759. The zero-order valence-electron chi connectivity index (χ0n) is 14.6. The Morgan fingerprint density at radius 1 is 1.19 bits per heavy atom. The molecule has 26 heavy (non-hydrogen) atoms. The van der Waals surface area contributed by atoms with Gasteiger partial charge in [0.2, 0.25) is 11.8 Å². The van der Waals surface area contributed by atoms with Crippen LogP contribution in [0, 0.1) is 0 Å². The number of hydrogen-bond acceptors (Lipinski definition) is 4. The largest absolute Gasteiger partial charge is 0.474 e. The van der Waals surface area contributed by atoms with E-state index >= 15 is 0 Å². The number of rotatable bonds is 5. The van der Waals surface area contributed by atoms with Gasteiger partial charge in [-0.05, 0) is 49.8 Å². The van der Waals surface area contributed by atoms with Gasteiger partial charge in [0.05, 0.1) is 0 Å². The highest BCUT2D eigenvalue weighted by atomic mass is 19.4. The van der Waals surface area contributed by atoms with E-state index in [4.69, 9.17) is 4.74 Å². The fraction of sp³-hybridized carbons (Fsp3) is 0.474. The van der Waals surface area contributed by atoms with Crippen molar-refractivity contribution in [2.24, 2.45) is 0 Å². The molecule has 0 amide bonds. The predicted molar refractivity (Wildman–Crippen MR) is 93.6 cm³/mol.